The Labute approximate surface area is 129 Å². The van der Waals surface area contributed by atoms with Gasteiger partial charge in [0.2, 0.25) is 0 Å². The third-order valence-corrected chi connectivity index (χ3v) is 3.39. The number of aromatic nitrogens is 1. The van der Waals surface area contributed by atoms with E-state index in [0.717, 1.165) is 13.0 Å². The first-order valence-electron chi connectivity index (χ1n) is 6.51. The number of benzene rings is 1. The Kier molecular flexibility index (Phi) is 4.74. The van der Waals surface area contributed by atoms with Gasteiger partial charge in [-0.25, -0.2) is 4.98 Å². The normalized spacial score (nSPS) is 11.8. The van der Waals surface area contributed by atoms with E-state index in [1.807, 2.05) is 0 Å². The van der Waals surface area contributed by atoms with Crippen molar-refractivity contribution in [1.29, 1.82) is 0 Å². The smallest absolute Gasteiger partial charge is 0.196 e. The molecule has 0 saturated heterocycles. The van der Waals surface area contributed by atoms with Crippen LogP contribution in [0.15, 0.2) is 28.8 Å². The predicted molar refractivity (Wildman–Crippen MR) is 83.4 cm³/mol. The summed E-state index contributed by atoms with van der Waals surface area (Å²) in [5, 5.41) is 4.52. The lowest BCUT2D eigenvalue weighted by Crippen LogP contribution is -2.37. The van der Waals surface area contributed by atoms with Gasteiger partial charge >= 0.3 is 0 Å². The van der Waals surface area contributed by atoms with Crippen LogP contribution in [-0.4, -0.2) is 17.1 Å². The van der Waals surface area contributed by atoms with Crippen LogP contribution < -0.4 is 5.32 Å². The summed E-state index contributed by atoms with van der Waals surface area (Å²) < 4.78 is 5.73. The number of rotatable bonds is 4. The van der Waals surface area contributed by atoms with Crippen LogP contribution in [0.1, 0.15) is 26.7 Å². The first kappa shape index (κ1) is 15.4. The monoisotopic (exact) mass is 312 g/mol. The lowest BCUT2D eigenvalue weighted by atomic mass is 10.1. The molecule has 0 bridgehead atoms. The van der Waals surface area contributed by atoms with Crippen molar-refractivity contribution in [3.05, 3.63) is 40.3 Å². The molecular formula is C15H18Cl2N2O. The Morgan fingerprint density at radius 2 is 1.85 bits per heavy atom. The summed E-state index contributed by atoms with van der Waals surface area (Å²) in [6.45, 7) is 7.17. The van der Waals surface area contributed by atoms with Crippen molar-refractivity contribution in [3.8, 4) is 11.3 Å². The number of halogens is 2. The van der Waals surface area contributed by atoms with Crippen molar-refractivity contribution < 1.29 is 4.42 Å². The zero-order valence-electron chi connectivity index (χ0n) is 11.8. The highest BCUT2D eigenvalue weighted by Crippen LogP contribution is 2.34. The van der Waals surface area contributed by atoms with Gasteiger partial charge in [-0.3, -0.25) is 0 Å². The standard InChI is InChI=1S/C15H18Cl2N2O/c1-15(2,3)19-8-7-13-18-9-12(20-13)14-10(16)5-4-6-11(14)17/h4-6,9,19H,7-8H2,1-3H3. The van der Waals surface area contributed by atoms with Crippen LogP contribution in [0.4, 0.5) is 0 Å². The highest BCUT2D eigenvalue weighted by molar-refractivity contribution is 6.39. The molecule has 20 heavy (non-hydrogen) atoms. The first-order valence-corrected chi connectivity index (χ1v) is 7.26. The quantitative estimate of drug-likeness (QED) is 0.898. The third kappa shape index (κ3) is 3.98. The van der Waals surface area contributed by atoms with E-state index in [-0.39, 0.29) is 5.54 Å². The molecule has 5 heteroatoms. The summed E-state index contributed by atoms with van der Waals surface area (Å²) in [6, 6.07) is 5.37. The molecule has 1 N–H and O–H groups in total. The molecule has 2 aromatic rings. The van der Waals surface area contributed by atoms with Gasteiger partial charge in [-0.05, 0) is 32.9 Å². The molecule has 1 aromatic carbocycles. The molecule has 0 amide bonds. The van der Waals surface area contributed by atoms with E-state index >= 15 is 0 Å². The second kappa shape index (κ2) is 6.17. The van der Waals surface area contributed by atoms with Crippen molar-refractivity contribution >= 4 is 23.2 Å². The Hall–Kier alpha value is -1.03. The van der Waals surface area contributed by atoms with Gasteiger partial charge in [-0.15, -0.1) is 0 Å². The summed E-state index contributed by atoms with van der Waals surface area (Å²) in [7, 11) is 0. The minimum absolute atomic E-state index is 0.0848. The molecule has 1 heterocycles. The summed E-state index contributed by atoms with van der Waals surface area (Å²) in [5.74, 6) is 1.28. The van der Waals surface area contributed by atoms with Gasteiger partial charge < -0.3 is 9.73 Å². The van der Waals surface area contributed by atoms with E-state index in [1.54, 1.807) is 24.4 Å². The Balaban J connectivity index is 2.09. The maximum atomic E-state index is 6.15. The molecular weight excluding hydrogens is 295 g/mol. The molecule has 0 spiro atoms. The van der Waals surface area contributed by atoms with Crippen LogP contribution in [0.5, 0.6) is 0 Å². The van der Waals surface area contributed by atoms with Gasteiger partial charge in [0.25, 0.3) is 0 Å². The second-order valence-corrected chi connectivity index (χ2v) is 6.46. The molecule has 0 aliphatic heterocycles. The van der Waals surface area contributed by atoms with Gasteiger partial charge in [-0.1, -0.05) is 29.3 Å². The fourth-order valence-corrected chi connectivity index (χ4v) is 2.40. The largest absolute Gasteiger partial charge is 0.441 e. The highest BCUT2D eigenvalue weighted by atomic mass is 35.5. The third-order valence-electron chi connectivity index (χ3n) is 2.76. The van der Waals surface area contributed by atoms with E-state index in [0.29, 0.717) is 27.3 Å². The molecule has 0 unspecified atom stereocenters. The fraction of sp³-hybridized carbons (Fsp3) is 0.400. The van der Waals surface area contributed by atoms with Crippen LogP contribution >= 0.6 is 23.2 Å². The maximum absolute atomic E-state index is 6.15. The van der Waals surface area contributed by atoms with Gasteiger partial charge in [0.1, 0.15) is 0 Å². The number of hydrogen-bond acceptors (Lipinski definition) is 3. The van der Waals surface area contributed by atoms with Gasteiger partial charge in [-0.2, -0.15) is 0 Å². The van der Waals surface area contributed by atoms with Crippen molar-refractivity contribution in [2.45, 2.75) is 32.7 Å². The topological polar surface area (TPSA) is 38.1 Å². The minimum Gasteiger partial charge on any atom is -0.441 e. The van der Waals surface area contributed by atoms with E-state index in [9.17, 15) is 0 Å². The predicted octanol–water partition coefficient (Wildman–Crippen LogP) is 4.58. The van der Waals surface area contributed by atoms with Crippen molar-refractivity contribution in [1.82, 2.24) is 10.3 Å². The molecule has 0 fully saturated rings. The van der Waals surface area contributed by atoms with E-state index in [2.05, 4.69) is 31.1 Å². The lowest BCUT2D eigenvalue weighted by Gasteiger charge is -2.19. The summed E-state index contributed by atoms with van der Waals surface area (Å²) >= 11 is 12.3. The summed E-state index contributed by atoms with van der Waals surface area (Å²) in [5.41, 5.74) is 0.778. The zero-order chi connectivity index (χ0) is 14.8. The molecule has 1 aromatic heterocycles. The van der Waals surface area contributed by atoms with Crippen molar-refractivity contribution in [2.24, 2.45) is 0 Å². The SMILES string of the molecule is CC(C)(C)NCCc1ncc(-c2c(Cl)cccc2Cl)o1. The Bertz CT molecular complexity index is 568. The molecule has 0 aliphatic rings. The average molecular weight is 313 g/mol. The minimum atomic E-state index is 0.0848. The zero-order valence-corrected chi connectivity index (χ0v) is 13.3. The van der Waals surface area contributed by atoms with Crippen LogP contribution in [-0.2, 0) is 6.42 Å². The molecule has 0 saturated carbocycles. The lowest BCUT2D eigenvalue weighted by molar-refractivity contribution is 0.412. The van der Waals surface area contributed by atoms with Crippen LogP contribution in [0, 0.1) is 0 Å². The fourth-order valence-electron chi connectivity index (χ4n) is 1.82. The van der Waals surface area contributed by atoms with Gasteiger partial charge in [0.15, 0.2) is 11.7 Å². The Morgan fingerprint density at radius 1 is 1.20 bits per heavy atom. The van der Waals surface area contributed by atoms with E-state index < -0.39 is 0 Å². The Morgan fingerprint density at radius 3 is 2.45 bits per heavy atom. The molecule has 0 radical (unpaired) electrons. The first-order chi connectivity index (χ1) is 9.37. The summed E-state index contributed by atoms with van der Waals surface area (Å²) in [6.07, 6.45) is 2.39. The molecule has 0 aliphatic carbocycles. The van der Waals surface area contributed by atoms with Gasteiger partial charge in [0, 0.05) is 18.5 Å². The summed E-state index contributed by atoms with van der Waals surface area (Å²) in [4.78, 5) is 4.27. The van der Waals surface area contributed by atoms with E-state index in [4.69, 9.17) is 27.6 Å². The van der Waals surface area contributed by atoms with Crippen LogP contribution in [0.3, 0.4) is 0 Å². The van der Waals surface area contributed by atoms with E-state index in [1.165, 1.54) is 0 Å². The second-order valence-electron chi connectivity index (χ2n) is 5.64. The van der Waals surface area contributed by atoms with Crippen LogP contribution in [0.25, 0.3) is 11.3 Å². The maximum Gasteiger partial charge on any atom is 0.196 e. The molecule has 0 atom stereocenters. The van der Waals surface area contributed by atoms with Crippen molar-refractivity contribution in [3.63, 3.8) is 0 Å². The average Bonchev–Trinajstić information content (AvgIpc) is 2.75. The molecule has 3 nitrogen and oxygen atoms in total. The molecule has 2 rings (SSSR count). The van der Waals surface area contributed by atoms with Gasteiger partial charge in [0.05, 0.1) is 21.8 Å². The molecule has 108 valence electrons. The van der Waals surface area contributed by atoms with Crippen molar-refractivity contribution in [2.75, 3.05) is 6.54 Å². The number of nitrogens with one attached hydrogen (secondary N) is 1. The number of hydrogen-bond donors (Lipinski definition) is 1. The van der Waals surface area contributed by atoms with Crippen LogP contribution in [0.2, 0.25) is 10.0 Å². The number of nitrogens with zero attached hydrogens (tertiary/aromatic N) is 1. The number of oxazole rings is 1. The highest BCUT2D eigenvalue weighted by Gasteiger charge is 2.14.